The molecule has 3 aromatic rings. The Labute approximate surface area is 181 Å². The number of aryl methyl sites for hydroxylation is 2. The van der Waals surface area contributed by atoms with E-state index < -0.39 is 6.10 Å². The van der Waals surface area contributed by atoms with Gasteiger partial charge >= 0.3 is 6.03 Å². The number of urea groups is 1. The number of aliphatic hydroxyl groups excluding tert-OH is 1. The molecule has 2 N–H and O–H groups in total. The molecule has 2 aromatic carbocycles. The van der Waals surface area contributed by atoms with Crippen LogP contribution in [-0.4, -0.2) is 46.6 Å². The van der Waals surface area contributed by atoms with Gasteiger partial charge in [-0.1, -0.05) is 12.1 Å². The number of fused-ring (bicyclic) bond motifs is 1. The Bertz CT molecular complexity index is 1120. The van der Waals surface area contributed by atoms with Crippen LogP contribution in [0, 0.1) is 13.8 Å². The first-order valence-corrected chi connectivity index (χ1v) is 10.0. The van der Waals surface area contributed by atoms with E-state index in [0.29, 0.717) is 29.3 Å². The van der Waals surface area contributed by atoms with Gasteiger partial charge in [-0.3, -0.25) is 0 Å². The van der Waals surface area contributed by atoms with Gasteiger partial charge in [0, 0.05) is 16.8 Å². The molecule has 1 aliphatic rings. The molecule has 1 aromatic heterocycles. The number of benzene rings is 2. The standard InChI is InChI=1S/C23H26N4O4/c1-14-11-15(2)27(25-14)18-8-6-5-7-17(18)24-23(29)26-12-16-20(30-3)9-10-21(31-4)22(16)19(28)13-26/h5-11,19,28H,12-13H2,1-4H3,(H,24,29)/t19-/m0/s1. The van der Waals surface area contributed by atoms with E-state index in [1.54, 1.807) is 35.9 Å². The number of methoxy groups -OCH3 is 2. The number of carbonyl (C=O) groups excluding carboxylic acids is 1. The Morgan fingerprint density at radius 3 is 2.52 bits per heavy atom. The second-order valence-electron chi connectivity index (χ2n) is 7.54. The molecule has 0 saturated heterocycles. The molecule has 0 spiro atoms. The molecule has 2 amide bonds. The van der Waals surface area contributed by atoms with Crippen LogP contribution in [0.4, 0.5) is 10.5 Å². The Hall–Kier alpha value is -3.52. The minimum Gasteiger partial charge on any atom is -0.496 e. The number of hydrogen-bond acceptors (Lipinski definition) is 5. The van der Waals surface area contributed by atoms with Gasteiger partial charge in [0.05, 0.1) is 44.4 Å². The zero-order chi connectivity index (χ0) is 22.1. The summed E-state index contributed by atoms with van der Waals surface area (Å²) >= 11 is 0. The molecule has 8 heteroatoms. The second-order valence-corrected chi connectivity index (χ2v) is 7.54. The minimum absolute atomic E-state index is 0.143. The summed E-state index contributed by atoms with van der Waals surface area (Å²) in [6, 6.07) is 12.7. The first-order chi connectivity index (χ1) is 14.9. The maximum Gasteiger partial charge on any atom is 0.322 e. The summed E-state index contributed by atoms with van der Waals surface area (Å²) in [7, 11) is 3.13. The molecule has 1 atom stereocenters. The van der Waals surface area contributed by atoms with Crippen molar-refractivity contribution in [2.24, 2.45) is 0 Å². The van der Waals surface area contributed by atoms with Crippen LogP contribution in [0.3, 0.4) is 0 Å². The van der Waals surface area contributed by atoms with E-state index in [2.05, 4.69) is 10.4 Å². The molecule has 0 unspecified atom stereocenters. The number of aromatic nitrogens is 2. The third-order valence-electron chi connectivity index (χ3n) is 5.46. The molecule has 0 fully saturated rings. The van der Waals surface area contributed by atoms with Crippen molar-refractivity contribution >= 4 is 11.7 Å². The summed E-state index contributed by atoms with van der Waals surface area (Å²) in [4.78, 5) is 14.7. The number of para-hydroxylation sites is 2. The molecule has 2 heterocycles. The zero-order valence-corrected chi connectivity index (χ0v) is 18.0. The maximum absolute atomic E-state index is 13.2. The molecule has 1 aliphatic heterocycles. The van der Waals surface area contributed by atoms with Crippen molar-refractivity contribution < 1.29 is 19.4 Å². The first-order valence-electron chi connectivity index (χ1n) is 10.0. The van der Waals surface area contributed by atoms with E-state index in [1.807, 2.05) is 44.2 Å². The number of nitrogens with one attached hydrogen (secondary N) is 1. The molecular weight excluding hydrogens is 396 g/mol. The molecule has 31 heavy (non-hydrogen) atoms. The Balaban J connectivity index is 1.63. The van der Waals surface area contributed by atoms with Gasteiger partial charge in [0.15, 0.2) is 0 Å². The number of carbonyl (C=O) groups is 1. The molecule has 0 bridgehead atoms. The van der Waals surface area contributed by atoms with E-state index in [4.69, 9.17) is 9.47 Å². The lowest BCUT2D eigenvalue weighted by molar-refractivity contribution is 0.105. The van der Waals surface area contributed by atoms with E-state index in [1.165, 1.54) is 0 Å². The highest BCUT2D eigenvalue weighted by Crippen LogP contribution is 2.39. The largest absolute Gasteiger partial charge is 0.496 e. The number of hydrogen-bond donors (Lipinski definition) is 2. The Kier molecular flexibility index (Phi) is 5.56. The predicted molar refractivity (Wildman–Crippen MR) is 117 cm³/mol. The Morgan fingerprint density at radius 2 is 1.84 bits per heavy atom. The molecule has 4 rings (SSSR count). The van der Waals surface area contributed by atoms with Crippen LogP contribution < -0.4 is 14.8 Å². The zero-order valence-electron chi connectivity index (χ0n) is 18.0. The van der Waals surface area contributed by atoms with Gasteiger partial charge < -0.3 is 24.8 Å². The van der Waals surface area contributed by atoms with Gasteiger partial charge in [-0.2, -0.15) is 5.10 Å². The van der Waals surface area contributed by atoms with Crippen molar-refractivity contribution in [2.75, 3.05) is 26.1 Å². The summed E-state index contributed by atoms with van der Waals surface area (Å²) in [5.74, 6) is 1.19. The summed E-state index contributed by atoms with van der Waals surface area (Å²) in [6.07, 6.45) is -0.884. The fourth-order valence-electron chi connectivity index (χ4n) is 4.06. The average Bonchev–Trinajstić information content (AvgIpc) is 3.10. The van der Waals surface area contributed by atoms with Gasteiger partial charge in [-0.15, -0.1) is 0 Å². The maximum atomic E-state index is 13.2. The Morgan fingerprint density at radius 1 is 1.13 bits per heavy atom. The van der Waals surface area contributed by atoms with Gasteiger partial charge in [-0.25, -0.2) is 9.48 Å². The van der Waals surface area contributed by atoms with Crippen molar-refractivity contribution in [2.45, 2.75) is 26.5 Å². The first kappa shape index (κ1) is 20.7. The van der Waals surface area contributed by atoms with Gasteiger partial charge in [0.25, 0.3) is 0 Å². The summed E-state index contributed by atoms with van der Waals surface area (Å²) in [5, 5.41) is 18.3. The molecule has 162 valence electrons. The molecular formula is C23H26N4O4. The van der Waals surface area contributed by atoms with E-state index >= 15 is 0 Å². The van der Waals surface area contributed by atoms with Gasteiger partial charge in [0.2, 0.25) is 0 Å². The van der Waals surface area contributed by atoms with Crippen LogP contribution in [0.1, 0.15) is 28.6 Å². The number of amides is 2. The third-order valence-corrected chi connectivity index (χ3v) is 5.46. The van der Waals surface area contributed by atoms with E-state index in [9.17, 15) is 9.90 Å². The lowest BCUT2D eigenvalue weighted by Crippen LogP contribution is -2.41. The third kappa shape index (κ3) is 3.82. The molecule has 0 radical (unpaired) electrons. The number of anilines is 1. The lowest BCUT2D eigenvalue weighted by Gasteiger charge is -2.34. The number of ether oxygens (including phenoxy) is 2. The quantitative estimate of drug-likeness (QED) is 0.671. The second kappa shape index (κ2) is 8.31. The van der Waals surface area contributed by atoms with Crippen molar-refractivity contribution in [1.82, 2.24) is 14.7 Å². The highest BCUT2D eigenvalue weighted by atomic mass is 16.5. The highest BCUT2D eigenvalue weighted by molar-refractivity contribution is 5.92. The van der Waals surface area contributed by atoms with Crippen LogP contribution in [-0.2, 0) is 6.54 Å². The fraction of sp³-hybridized carbons (Fsp3) is 0.304. The summed E-state index contributed by atoms with van der Waals surface area (Å²) in [6.45, 7) is 4.33. The number of rotatable bonds is 4. The summed E-state index contributed by atoms with van der Waals surface area (Å²) < 4.78 is 12.7. The van der Waals surface area contributed by atoms with Crippen molar-refractivity contribution in [3.63, 3.8) is 0 Å². The fourth-order valence-corrected chi connectivity index (χ4v) is 4.06. The van der Waals surface area contributed by atoms with E-state index in [-0.39, 0.29) is 12.6 Å². The van der Waals surface area contributed by atoms with Crippen LogP contribution in [0.5, 0.6) is 11.5 Å². The summed E-state index contributed by atoms with van der Waals surface area (Å²) in [5.41, 5.74) is 4.68. The van der Waals surface area contributed by atoms with E-state index in [0.717, 1.165) is 22.6 Å². The van der Waals surface area contributed by atoms with Crippen LogP contribution in [0.15, 0.2) is 42.5 Å². The molecule has 0 aliphatic carbocycles. The number of aliphatic hydroxyl groups is 1. The van der Waals surface area contributed by atoms with Crippen molar-refractivity contribution in [1.29, 1.82) is 0 Å². The number of nitrogens with zero attached hydrogens (tertiary/aromatic N) is 3. The lowest BCUT2D eigenvalue weighted by atomic mass is 9.95. The minimum atomic E-state index is -0.884. The predicted octanol–water partition coefficient (Wildman–Crippen LogP) is 3.59. The monoisotopic (exact) mass is 422 g/mol. The molecule has 0 saturated carbocycles. The topological polar surface area (TPSA) is 88.9 Å². The van der Waals surface area contributed by atoms with Crippen LogP contribution in [0.2, 0.25) is 0 Å². The SMILES string of the molecule is COc1ccc(OC)c2c1CN(C(=O)Nc1ccccc1-n1nc(C)cc1C)C[C@@H]2O. The van der Waals surface area contributed by atoms with Crippen LogP contribution >= 0.6 is 0 Å². The van der Waals surface area contributed by atoms with Crippen molar-refractivity contribution in [3.8, 4) is 17.2 Å². The normalized spacial score (nSPS) is 15.4. The smallest absolute Gasteiger partial charge is 0.322 e. The van der Waals surface area contributed by atoms with Crippen LogP contribution in [0.25, 0.3) is 5.69 Å². The number of β-amino-alcohol motifs (C(OH)–C–C–N with tert-alkyl or cyclic N) is 1. The highest BCUT2D eigenvalue weighted by Gasteiger charge is 2.32. The van der Waals surface area contributed by atoms with Gasteiger partial charge in [0.1, 0.15) is 17.6 Å². The van der Waals surface area contributed by atoms with Crippen molar-refractivity contribution in [3.05, 3.63) is 65.0 Å². The average molecular weight is 422 g/mol. The van der Waals surface area contributed by atoms with Gasteiger partial charge in [-0.05, 0) is 44.2 Å². The molecule has 8 nitrogen and oxygen atoms in total.